The van der Waals surface area contributed by atoms with Gasteiger partial charge in [-0.1, -0.05) is 30.6 Å². The first-order chi connectivity index (χ1) is 12.7. The van der Waals surface area contributed by atoms with Crippen LogP contribution in [-0.2, 0) is 6.42 Å². The Labute approximate surface area is 173 Å². The topological polar surface area (TPSA) is 123 Å². The van der Waals surface area contributed by atoms with Crippen LogP contribution in [-0.4, -0.2) is 34.1 Å². The van der Waals surface area contributed by atoms with Gasteiger partial charge in [0.05, 0.1) is 15.5 Å². The molecule has 154 valence electrons. The summed E-state index contributed by atoms with van der Waals surface area (Å²) in [5, 5.41) is 20.7. The first kappa shape index (κ1) is 23.8. The molecule has 0 fully saturated rings. The second-order valence-corrected chi connectivity index (χ2v) is 6.97. The second kappa shape index (κ2) is 10.4. The smallest absolute Gasteiger partial charge is 0.270 e. The maximum atomic E-state index is 12.6. The number of carbonyl (C=O) groups excluding carboxylic acids is 1. The van der Waals surface area contributed by atoms with Gasteiger partial charge in [-0.25, -0.2) is 0 Å². The molecule has 1 aromatic carbocycles. The van der Waals surface area contributed by atoms with E-state index in [1.165, 1.54) is 12.1 Å². The fourth-order valence-electron chi connectivity index (χ4n) is 2.39. The van der Waals surface area contributed by atoms with Crippen LogP contribution in [0.15, 0.2) is 22.7 Å². The number of amides is 1. The van der Waals surface area contributed by atoms with Crippen LogP contribution < -0.4 is 10.6 Å². The van der Waals surface area contributed by atoms with Crippen molar-refractivity contribution in [2.75, 3.05) is 7.05 Å². The van der Waals surface area contributed by atoms with E-state index in [9.17, 15) is 14.9 Å². The molecule has 1 aromatic heterocycles. The van der Waals surface area contributed by atoms with Crippen molar-refractivity contribution in [3.8, 4) is 0 Å². The third-order valence-corrected chi connectivity index (χ3v) is 4.41. The number of benzene rings is 1. The predicted octanol–water partition coefficient (Wildman–Crippen LogP) is 3.33. The minimum absolute atomic E-state index is 0. The molecule has 0 bridgehead atoms. The molecule has 0 saturated carbocycles. The second-order valence-electron chi connectivity index (χ2n) is 6.56. The fraction of sp³-hybridized carbons (Fsp3) is 0.471. The highest BCUT2D eigenvalue weighted by molar-refractivity contribution is 6.34. The van der Waals surface area contributed by atoms with Crippen molar-refractivity contribution < 1.29 is 14.2 Å². The first-order valence-corrected chi connectivity index (χ1v) is 8.85. The Balaban J connectivity index is 0.00000392. The monoisotopic (exact) mass is 431 g/mol. The minimum atomic E-state index is -0.573. The number of aromatic nitrogens is 2. The lowest BCUT2D eigenvalue weighted by Crippen LogP contribution is -2.32. The van der Waals surface area contributed by atoms with E-state index in [2.05, 4.69) is 20.8 Å². The van der Waals surface area contributed by atoms with Crippen LogP contribution in [0.1, 0.15) is 48.9 Å². The number of hydrogen-bond acceptors (Lipinski definition) is 7. The zero-order valence-electron chi connectivity index (χ0n) is 15.9. The molecule has 0 aliphatic carbocycles. The minimum Gasteiger partial charge on any atom is -0.340 e. The Hall–Kier alpha value is -2.23. The molecule has 0 aliphatic heterocycles. The van der Waals surface area contributed by atoms with E-state index in [1.54, 1.807) is 0 Å². The van der Waals surface area contributed by atoms with Gasteiger partial charge in [-0.2, -0.15) is 4.98 Å². The normalized spacial score (nSPS) is 12.9. The predicted molar refractivity (Wildman–Crippen MR) is 107 cm³/mol. The molecular formula is C17H23Cl2N5O4. The van der Waals surface area contributed by atoms with E-state index >= 15 is 0 Å². The zero-order valence-corrected chi connectivity index (χ0v) is 17.5. The summed E-state index contributed by atoms with van der Waals surface area (Å²) in [5.41, 5.74) is -0.0476. The van der Waals surface area contributed by atoms with Gasteiger partial charge in [0.2, 0.25) is 5.89 Å². The summed E-state index contributed by atoms with van der Waals surface area (Å²) in [6.07, 6.45) is 0.590. The van der Waals surface area contributed by atoms with E-state index in [-0.39, 0.29) is 40.6 Å². The van der Waals surface area contributed by atoms with E-state index in [4.69, 9.17) is 16.1 Å². The van der Waals surface area contributed by atoms with Crippen LogP contribution in [0.4, 0.5) is 5.69 Å². The van der Waals surface area contributed by atoms with Gasteiger partial charge in [-0.15, -0.1) is 12.4 Å². The van der Waals surface area contributed by atoms with Gasteiger partial charge in [-0.05, 0) is 26.0 Å². The third kappa shape index (κ3) is 5.88. The number of likely N-dealkylation sites (N-methyl/N-ethyl adjacent to an activating group) is 1. The lowest BCUT2D eigenvalue weighted by molar-refractivity contribution is -0.384. The van der Waals surface area contributed by atoms with Crippen molar-refractivity contribution in [2.24, 2.45) is 5.92 Å². The summed E-state index contributed by atoms with van der Waals surface area (Å²) in [6, 6.07) is 3.36. The molecule has 2 atom stereocenters. The van der Waals surface area contributed by atoms with Crippen LogP contribution in [0.25, 0.3) is 0 Å². The molecule has 2 aromatic rings. The van der Waals surface area contributed by atoms with E-state index < -0.39 is 16.9 Å². The van der Waals surface area contributed by atoms with Crippen LogP contribution in [0.5, 0.6) is 0 Å². The van der Waals surface area contributed by atoms with Gasteiger partial charge in [0.15, 0.2) is 5.82 Å². The quantitative estimate of drug-likeness (QED) is 0.484. The number of halogens is 2. The molecule has 11 heteroatoms. The Morgan fingerprint density at radius 3 is 2.57 bits per heavy atom. The Kier molecular flexibility index (Phi) is 8.80. The van der Waals surface area contributed by atoms with Crippen LogP contribution >= 0.6 is 24.0 Å². The molecule has 2 N–H and O–H groups in total. The molecule has 2 rings (SSSR count). The van der Waals surface area contributed by atoms with Crippen LogP contribution in [0.2, 0.25) is 5.02 Å². The molecule has 0 aliphatic rings. The van der Waals surface area contributed by atoms with Crippen molar-refractivity contribution in [2.45, 2.75) is 39.3 Å². The number of nitrogens with one attached hydrogen (secondary N) is 2. The lowest BCUT2D eigenvalue weighted by atomic mass is 10.0. The maximum Gasteiger partial charge on any atom is 0.270 e. The van der Waals surface area contributed by atoms with Gasteiger partial charge < -0.3 is 15.2 Å². The largest absolute Gasteiger partial charge is 0.340 e. The molecule has 0 saturated heterocycles. The molecule has 0 spiro atoms. The molecule has 2 unspecified atom stereocenters. The van der Waals surface area contributed by atoms with E-state index in [0.717, 1.165) is 6.07 Å². The number of carbonyl (C=O) groups is 1. The van der Waals surface area contributed by atoms with Crippen molar-refractivity contribution >= 4 is 35.6 Å². The average molecular weight is 432 g/mol. The van der Waals surface area contributed by atoms with Crippen molar-refractivity contribution in [3.63, 3.8) is 0 Å². The van der Waals surface area contributed by atoms with Gasteiger partial charge in [-0.3, -0.25) is 14.9 Å². The SMILES string of the molecule is CNC(C)Cc1noc(C(NC(=O)c2ccc([N+](=O)[O-])cc2Cl)C(C)C)n1.Cl. The van der Waals surface area contributed by atoms with Gasteiger partial charge >= 0.3 is 0 Å². The highest BCUT2D eigenvalue weighted by Crippen LogP contribution is 2.25. The molecule has 28 heavy (non-hydrogen) atoms. The molecular weight excluding hydrogens is 409 g/mol. The summed E-state index contributed by atoms with van der Waals surface area (Å²) in [5.74, 6) is 0.340. The van der Waals surface area contributed by atoms with Crippen molar-refractivity contribution in [3.05, 3.63) is 50.6 Å². The number of non-ortho nitro benzene ring substituents is 1. The maximum absolute atomic E-state index is 12.6. The molecule has 0 radical (unpaired) electrons. The summed E-state index contributed by atoms with van der Waals surface area (Å²) in [4.78, 5) is 27.2. The zero-order chi connectivity index (χ0) is 20.1. The summed E-state index contributed by atoms with van der Waals surface area (Å²) in [7, 11) is 1.84. The van der Waals surface area contributed by atoms with Crippen molar-refractivity contribution in [1.29, 1.82) is 0 Å². The Morgan fingerprint density at radius 2 is 2.04 bits per heavy atom. The standard InChI is InChI=1S/C17H22ClN5O4.ClH/c1-9(2)15(17-20-14(22-27-17)7-10(3)19-4)21-16(24)12-6-5-11(23(25)26)8-13(12)18;/h5-6,8-10,15,19H,7H2,1-4H3,(H,21,24);1H. The summed E-state index contributed by atoms with van der Waals surface area (Å²) >= 11 is 6.03. The van der Waals surface area contributed by atoms with Crippen LogP contribution in [0.3, 0.4) is 0 Å². The van der Waals surface area contributed by atoms with Crippen molar-refractivity contribution in [1.82, 2.24) is 20.8 Å². The van der Waals surface area contributed by atoms with E-state index in [1.807, 2.05) is 27.8 Å². The highest BCUT2D eigenvalue weighted by atomic mass is 35.5. The number of hydrogen-bond donors (Lipinski definition) is 2. The molecule has 1 amide bonds. The Bertz CT molecular complexity index is 828. The van der Waals surface area contributed by atoms with Gasteiger partial charge in [0.1, 0.15) is 6.04 Å². The number of nitrogens with zero attached hydrogens (tertiary/aromatic N) is 3. The lowest BCUT2D eigenvalue weighted by Gasteiger charge is -2.18. The summed E-state index contributed by atoms with van der Waals surface area (Å²) < 4.78 is 5.33. The average Bonchev–Trinajstić information content (AvgIpc) is 3.06. The van der Waals surface area contributed by atoms with Crippen LogP contribution in [0, 0.1) is 16.0 Å². The number of nitro benzene ring substituents is 1. The fourth-order valence-corrected chi connectivity index (χ4v) is 2.65. The van der Waals surface area contributed by atoms with Gasteiger partial charge in [0, 0.05) is 24.6 Å². The molecule has 9 nitrogen and oxygen atoms in total. The molecule has 1 heterocycles. The highest BCUT2D eigenvalue weighted by Gasteiger charge is 2.26. The number of rotatable bonds is 8. The van der Waals surface area contributed by atoms with E-state index in [0.29, 0.717) is 18.1 Å². The number of nitro groups is 1. The van der Waals surface area contributed by atoms with Gasteiger partial charge in [0.25, 0.3) is 11.6 Å². The Morgan fingerprint density at radius 1 is 1.36 bits per heavy atom. The first-order valence-electron chi connectivity index (χ1n) is 8.47. The summed E-state index contributed by atoms with van der Waals surface area (Å²) in [6.45, 7) is 5.80. The third-order valence-electron chi connectivity index (χ3n) is 4.09.